The Kier molecular flexibility index (Phi) is 2.69. The molecule has 1 rings (SSSR count). The van der Waals surface area contributed by atoms with Gasteiger partial charge in [-0.05, 0) is 24.8 Å². The summed E-state index contributed by atoms with van der Waals surface area (Å²) in [7, 11) is 0. The van der Waals surface area contributed by atoms with E-state index in [0.717, 1.165) is 19.3 Å². The molecule has 0 amide bonds. The van der Waals surface area contributed by atoms with Gasteiger partial charge in [0.2, 0.25) is 0 Å². The topological polar surface area (TPSA) is 28.7 Å². The molecule has 1 aromatic heterocycles. The minimum atomic E-state index is 1.04. The first kappa shape index (κ1) is 8.31. The zero-order valence-electron chi connectivity index (χ0n) is 7.57. The molecule has 62 valence electrons. The summed E-state index contributed by atoms with van der Waals surface area (Å²) in [6.45, 7) is 6.49. The van der Waals surface area contributed by atoms with Crippen LogP contribution < -0.4 is 0 Å². The highest BCUT2D eigenvalue weighted by atomic mass is 15.1. The summed E-state index contributed by atoms with van der Waals surface area (Å²) >= 11 is 0. The van der Waals surface area contributed by atoms with Gasteiger partial charge in [0.15, 0.2) is 0 Å². The molecule has 0 saturated carbocycles. The maximum atomic E-state index is 4.25. The number of aromatic nitrogens is 2. The van der Waals surface area contributed by atoms with E-state index < -0.39 is 0 Å². The third-order valence-corrected chi connectivity index (χ3v) is 2.08. The van der Waals surface area contributed by atoms with E-state index in [-0.39, 0.29) is 0 Å². The van der Waals surface area contributed by atoms with Crippen LogP contribution in [-0.4, -0.2) is 10.2 Å². The lowest BCUT2D eigenvalue weighted by atomic mass is 10.1. The van der Waals surface area contributed by atoms with Crippen molar-refractivity contribution < 1.29 is 0 Å². The zero-order valence-corrected chi connectivity index (χ0v) is 7.57. The Bertz CT molecular complexity index is 204. The van der Waals surface area contributed by atoms with Gasteiger partial charge in [0.25, 0.3) is 0 Å². The van der Waals surface area contributed by atoms with E-state index in [1.54, 1.807) is 0 Å². The minimum absolute atomic E-state index is 1.04. The SMILES string of the molecule is CCc1n[nH]c(CC)c1CC. The highest BCUT2D eigenvalue weighted by Crippen LogP contribution is 2.12. The fourth-order valence-corrected chi connectivity index (χ4v) is 1.45. The molecule has 0 aromatic carbocycles. The van der Waals surface area contributed by atoms with Crippen LogP contribution in [0.4, 0.5) is 0 Å². The number of aryl methyl sites for hydroxylation is 2. The van der Waals surface area contributed by atoms with Gasteiger partial charge in [0.1, 0.15) is 0 Å². The Labute approximate surface area is 68.0 Å². The maximum Gasteiger partial charge on any atom is 0.0654 e. The van der Waals surface area contributed by atoms with Crippen molar-refractivity contribution in [2.24, 2.45) is 0 Å². The molecular weight excluding hydrogens is 136 g/mol. The Balaban J connectivity index is 2.99. The molecule has 0 saturated heterocycles. The molecule has 2 heteroatoms. The van der Waals surface area contributed by atoms with Crippen molar-refractivity contribution in [3.05, 3.63) is 17.0 Å². The van der Waals surface area contributed by atoms with Crippen molar-refractivity contribution in [1.29, 1.82) is 0 Å². The van der Waals surface area contributed by atoms with E-state index in [0.29, 0.717) is 0 Å². The second-order valence-corrected chi connectivity index (χ2v) is 2.69. The van der Waals surface area contributed by atoms with Gasteiger partial charge in [-0.25, -0.2) is 0 Å². The van der Waals surface area contributed by atoms with Crippen LogP contribution >= 0.6 is 0 Å². The summed E-state index contributed by atoms with van der Waals surface area (Å²) in [5.41, 5.74) is 3.98. The van der Waals surface area contributed by atoms with Gasteiger partial charge in [0.05, 0.1) is 5.69 Å². The molecular formula is C9H16N2. The second kappa shape index (κ2) is 3.56. The Morgan fingerprint density at radius 3 is 2.27 bits per heavy atom. The van der Waals surface area contributed by atoms with E-state index in [1.165, 1.54) is 17.0 Å². The predicted molar refractivity (Wildman–Crippen MR) is 46.7 cm³/mol. The zero-order chi connectivity index (χ0) is 8.27. The number of nitrogens with zero attached hydrogens (tertiary/aromatic N) is 1. The summed E-state index contributed by atoms with van der Waals surface area (Å²) in [6.07, 6.45) is 3.21. The van der Waals surface area contributed by atoms with E-state index in [9.17, 15) is 0 Å². The molecule has 0 bridgehead atoms. The van der Waals surface area contributed by atoms with Gasteiger partial charge >= 0.3 is 0 Å². The molecule has 1 N–H and O–H groups in total. The monoisotopic (exact) mass is 152 g/mol. The van der Waals surface area contributed by atoms with E-state index in [4.69, 9.17) is 0 Å². The third-order valence-electron chi connectivity index (χ3n) is 2.08. The van der Waals surface area contributed by atoms with Gasteiger partial charge < -0.3 is 0 Å². The molecule has 0 aliphatic carbocycles. The van der Waals surface area contributed by atoms with Gasteiger partial charge in [-0.15, -0.1) is 0 Å². The first-order valence-electron chi connectivity index (χ1n) is 4.38. The summed E-state index contributed by atoms with van der Waals surface area (Å²) in [5.74, 6) is 0. The summed E-state index contributed by atoms with van der Waals surface area (Å²) < 4.78 is 0. The largest absolute Gasteiger partial charge is 0.282 e. The summed E-state index contributed by atoms with van der Waals surface area (Å²) in [6, 6.07) is 0. The highest BCUT2D eigenvalue weighted by molar-refractivity contribution is 5.25. The summed E-state index contributed by atoms with van der Waals surface area (Å²) in [4.78, 5) is 0. The van der Waals surface area contributed by atoms with E-state index in [1.807, 2.05) is 0 Å². The normalized spacial score (nSPS) is 10.5. The molecule has 0 atom stereocenters. The predicted octanol–water partition coefficient (Wildman–Crippen LogP) is 2.10. The molecule has 0 aliphatic heterocycles. The highest BCUT2D eigenvalue weighted by Gasteiger charge is 2.06. The van der Waals surface area contributed by atoms with Gasteiger partial charge in [-0.2, -0.15) is 5.10 Å². The molecule has 2 nitrogen and oxygen atoms in total. The number of nitrogens with one attached hydrogen (secondary N) is 1. The van der Waals surface area contributed by atoms with Crippen LogP contribution in [-0.2, 0) is 19.3 Å². The Morgan fingerprint density at radius 2 is 1.82 bits per heavy atom. The molecule has 11 heavy (non-hydrogen) atoms. The number of rotatable bonds is 3. The molecule has 1 aromatic rings. The average molecular weight is 152 g/mol. The smallest absolute Gasteiger partial charge is 0.0654 e. The van der Waals surface area contributed by atoms with E-state index >= 15 is 0 Å². The first-order valence-corrected chi connectivity index (χ1v) is 4.38. The molecule has 1 heterocycles. The Morgan fingerprint density at radius 1 is 1.09 bits per heavy atom. The number of aromatic amines is 1. The molecule has 0 radical (unpaired) electrons. The van der Waals surface area contributed by atoms with Crippen molar-refractivity contribution in [2.75, 3.05) is 0 Å². The van der Waals surface area contributed by atoms with Crippen LogP contribution in [0, 0.1) is 0 Å². The lowest BCUT2D eigenvalue weighted by Gasteiger charge is -1.97. The van der Waals surface area contributed by atoms with Crippen LogP contribution in [0.3, 0.4) is 0 Å². The van der Waals surface area contributed by atoms with Crippen molar-refractivity contribution in [1.82, 2.24) is 10.2 Å². The van der Waals surface area contributed by atoms with Crippen molar-refractivity contribution >= 4 is 0 Å². The lowest BCUT2D eigenvalue weighted by molar-refractivity contribution is 0.936. The molecule has 0 aliphatic rings. The van der Waals surface area contributed by atoms with Crippen molar-refractivity contribution in [2.45, 2.75) is 40.0 Å². The quantitative estimate of drug-likeness (QED) is 0.706. The van der Waals surface area contributed by atoms with Gasteiger partial charge in [-0.3, -0.25) is 5.10 Å². The minimum Gasteiger partial charge on any atom is -0.282 e. The number of H-pyrrole nitrogens is 1. The van der Waals surface area contributed by atoms with Gasteiger partial charge in [-0.1, -0.05) is 20.8 Å². The fourth-order valence-electron chi connectivity index (χ4n) is 1.45. The van der Waals surface area contributed by atoms with Crippen LogP contribution in [0.15, 0.2) is 0 Å². The Hall–Kier alpha value is -0.790. The molecule has 0 fully saturated rings. The second-order valence-electron chi connectivity index (χ2n) is 2.69. The van der Waals surface area contributed by atoms with Crippen molar-refractivity contribution in [3.8, 4) is 0 Å². The molecule has 0 spiro atoms. The standard InChI is InChI=1S/C9H16N2/c1-4-7-8(5-2)10-11-9(7)6-3/h4-6H2,1-3H3,(H,10,11). The van der Waals surface area contributed by atoms with Crippen LogP contribution in [0.1, 0.15) is 37.7 Å². The van der Waals surface area contributed by atoms with Crippen molar-refractivity contribution in [3.63, 3.8) is 0 Å². The van der Waals surface area contributed by atoms with E-state index in [2.05, 4.69) is 31.0 Å². The van der Waals surface area contributed by atoms with Crippen LogP contribution in [0.2, 0.25) is 0 Å². The summed E-state index contributed by atoms with van der Waals surface area (Å²) in [5, 5.41) is 7.33. The van der Waals surface area contributed by atoms with Crippen LogP contribution in [0.5, 0.6) is 0 Å². The number of hydrogen-bond acceptors (Lipinski definition) is 1. The average Bonchev–Trinajstić information content (AvgIpc) is 2.45. The number of hydrogen-bond donors (Lipinski definition) is 1. The first-order chi connectivity index (χ1) is 5.33. The fraction of sp³-hybridized carbons (Fsp3) is 0.667. The molecule has 0 unspecified atom stereocenters. The van der Waals surface area contributed by atoms with Gasteiger partial charge in [0, 0.05) is 5.69 Å². The lowest BCUT2D eigenvalue weighted by Crippen LogP contribution is -1.90. The maximum absolute atomic E-state index is 4.25. The van der Waals surface area contributed by atoms with Crippen LogP contribution in [0.25, 0.3) is 0 Å². The third kappa shape index (κ3) is 1.44.